The molecule has 108 valence electrons. The van der Waals surface area contributed by atoms with Crippen LogP contribution in [0.15, 0.2) is 36.4 Å². The van der Waals surface area contributed by atoms with Crippen molar-refractivity contribution < 1.29 is 15.0 Å². The number of aromatic hydroxyl groups is 1. The Kier molecular flexibility index (Phi) is 3.70. The second-order valence-corrected chi connectivity index (χ2v) is 4.34. The van der Waals surface area contributed by atoms with Gasteiger partial charge in [-0.15, -0.1) is 0 Å². The second kappa shape index (κ2) is 5.45. The first kappa shape index (κ1) is 14.3. The van der Waals surface area contributed by atoms with Gasteiger partial charge in [0, 0.05) is 11.8 Å². The van der Waals surface area contributed by atoms with Crippen LogP contribution in [-0.4, -0.2) is 15.0 Å². The first-order chi connectivity index (χ1) is 9.88. The predicted molar refractivity (Wildman–Crippen MR) is 75.9 cm³/mol. The summed E-state index contributed by atoms with van der Waals surface area (Å²) in [6, 6.07) is 7.97. The fourth-order valence-electron chi connectivity index (χ4n) is 1.78. The minimum Gasteiger partial charge on any atom is -0.508 e. The minimum atomic E-state index is -0.693. The van der Waals surface area contributed by atoms with Crippen LogP contribution in [0.2, 0.25) is 0 Å². The Morgan fingerprint density at radius 3 is 2.33 bits per heavy atom. The number of nitro benzene ring substituents is 2. The largest absolute Gasteiger partial charge is 0.508 e. The summed E-state index contributed by atoms with van der Waals surface area (Å²) in [7, 11) is 0. The van der Waals surface area contributed by atoms with Crippen molar-refractivity contribution in [2.75, 3.05) is 5.32 Å². The van der Waals surface area contributed by atoms with Gasteiger partial charge in [0.05, 0.1) is 15.9 Å². The number of nitrogens with zero attached hydrogens (tertiary/aromatic N) is 2. The number of hydrogen-bond acceptors (Lipinski definition) is 6. The van der Waals surface area contributed by atoms with Crippen molar-refractivity contribution in [2.45, 2.75) is 6.92 Å². The summed E-state index contributed by atoms with van der Waals surface area (Å²) >= 11 is 0. The normalized spacial score (nSPS) is 10.1. The number of phenols is 1. The zero-order valence-electron chi connectivity index (χ0n) is 10.9. The van der Waals surface area contributed by atoms with Gasteiger partial charge < -0.3 is 10.4 Å². The number of nitrogens with one attached hydrogen (secondary N) is 1. The molecule has 0 fully saturated rings. The third-order valence-corrected chi connectivity index (χ3v) is 2.86. The van der Waals surface area contributed by atoms with Crippen LogP contribution in [0.4, 0.5) is 22.7 Å². The van der Waals surface area contributed by atoms with E-state index in [4.69, 9.17) is 0 Å². The molecule has 0 aliphatic rings. The van der Waals surface area contributed by atoms with E-state index in [-0.39, 0.29) is 17.1 Å². The van der Waals surface area contributed by atoms with Gasteiger partial charge >= 0.3 is 0 Å². The summed E-state index contributed by atoms with van der Waals surface area (Å²) in [6.07, 6.45) is 0. The van der Waals surface area contributed by atoms with Gasteiger partial charge in [0.25, 0.3) is 11.4 Å². The highest BCUT2D eigenvalue weighted by Gasteiger charge is 2.19. The number of anilines is 2. The molecule has 0 unspecified atom stereocenters. The molecule has 0 radical (unpaired) electrons. The molecule has 0 amide bonds. The van der Waals surface area contributed by atoms with Crippen LogP contribution in [0.3, 0.4) is 0 Å². The first-order valence-electron chi connectivity index (χ1n) is 5.88. The van der Waals surface area contributed by atoms with Crippen LogP contribution >= 0.6 is 0 Å². The maximum atomic E-state index is 11.0. The average molecular weight is 289 g/mol. The van der Waals surface area contributed by atoms with Crippen molar-refractivity contribution in [3.63, 3.8) is 0 Å². The molecular weight excluding hydrogens is 278 g/mol. The van der Waals surface area contributed by atoms with E-state index in [0.29, 0.717) is 11.3 Å². The van der Waals surface area contributed by atoms with E-state index < -0.39 is 15.5 Å². The van der Waals surface area contributed by atoms with Crippen molar-refractivity contribution in [3.8, 4) is 5.75 Å². The Morgan fingerprint density at radius 1 is 1.05 bits per heavy atom. The topological polar surface area (TPSA) is 119 Å². The monoisotopic (exact) mass is 289 g/mol. The van der Waals surface area contributed by atoms with Crippen LogP contribution in [-0.2, 0) is 0 Å². The van der Waals surface area contributed by atoms with E-state index in [9.17, 15) is 25.3 Å². The zero-order chi connectivity index (χ0) is 15.6. The fourth-order valence-corrected chi connectivity index (χ4v) is 1.78. The molecule has 0 atom stereocenters. The van der Waals surface area contributed by atoms with E-state index in [2.05, 4.69) is 5.32 Å². The quantitative estimate of drug-likeness (QED) is 0.506. The molecule has 0 saturated heterocycles. The molecule has 0 aliphatic carbocycles. The summed E-state index contributed by atoms with van der Waals surface area (Å²) in [5, 5.41) is 33.9. The molecule has 0 spiro atoms. The standard InChI is InChI=1S/C13H11N3O5/c1-8-6-9(2-5-13(8)17)14-11-4-3-10(15(18)19)7-12(11)16(20)21/h2-7,14,17H,1H3. The highest BCUT2D eigenvalue weighted by molar-refractivity contribution is 5.72. The molecule has 2 aromatic carbocycles. The molecular formula is C13H11N3O5. The van der Waals surface area contributed by atoms with Crippen LogP contribution in [0, 0.1) is 27.2 Å². The molecule has 0 aliphatic heterocycles. The lowest BCUT2D eigenvalue weighted by molar-refractivity contribution is -0.393. The molecule has 2 N–H and O–H groups in total. The molecule has 8 heteroatoms. The average Bonchev–Trinajstić information content (AvgIpc) is 2.43. The zero-order valence-corrected chi connectivity index (χ0v) is 10.9. The lowest BCUT2D eigenvalue weighted by Crippen LogP contribution is -1.99. The summed E-state index contributed by atoms with van der Waals surface area (Å²) in [5.41, 5.74) is 0.520. The van der Waals surface area contributed by atoms with E-state index in [0.717, 1.165) is 6.07 Å². The van der Waals surface area contributed by atoms with Gasteiger partial charge in [0.1, 0.15) is 11.4 Å². The molecule has 0 bridgehead atoms. The van der Waals surface area contributed by atoms with Crippen LogP contribution < -0.4 is 5.32 Å². The van der Waals surface area contributed by atoms with Crippen molar-refractivity contribution in [1.29, 1.82) is 0 Å². The van der Waals surface area contributed by atoms with E-state index in [1.807, 2.05) is 0 Å². The summed E-state index contributed by atoms with van der Waals surface area (Å²) in [4.78, 5) is 20.3. The van der Waals surface area contributed by atoms with Crippen molar-refractivity contribution in [3.05, 3.63) is 62.2 Å². The lowest BCUT2D eigenvalue weighted by atomic mass is 10.2. The Hall–Kier alpha value is -3.16. The van der Waals surface area contributed by atoms with E-state index in [1.165, 1.54) is 18.2 Å². The Bertz CT molecular complexity index is 730. The molecule has 0 heterocycles. The van der Waals surface area contributed by atoms with Gasteiger partial charge in [-0.1, -0.05) is 0 Å². The second-order valence-electron chi connectivity index (χ2n) is 4.34. The van der Waals surface area contributed by atoms with Crippen molar-refractivity contribution >= 4 is 22.7 Å². The van der Waals surface area contributed by atoms with Crippen molar-refractivity contribution in [1.82, 2.24) is 0 Å². The summed E-state index contributed by atoms with van der Waals surface area (Å²) in [5.74, 6) is 0.110. The predicted octanol–water partition coefficient (Wildman–Crippen LogP) is 3.26. The van der Waals surface area contributed by atoms with Crippen molar-refractivity contribution in [2.24, 2.45) is 0 Å². The van der Waals surface area contributed by atoms with E-state index >= 15 is 0 Å². The van der Waals surface area contributed by atoms with Crippen LogP contribution in [0.1, 0.15) is 5.56 Å². The van der Waals surface area contributed by atoms with Crippen LogP contribution in [0.25, 0.3) is 0 Å². The lowest BCUT2D eigenvalue weighted by Gasteiger charge is -2.08. The highest BCUT2D eigenvalue weighted by Crippen LogP contribution is 2.32. The number of hydrogen-bond donors (Lipinski definition) is 2. The molecule has 21 heavy (non-hydrogen) atoms. The Labute approximate surface area is 119 Å². The van der Waals surface area contributed by atoms with Gasteiger partial charge in [0.15, 0.2) is 0 Å². The number of rotatable bonds is 4. The van der Waals surface area contributed by atoms with E-state index in [1.54, 1.807) is 19.1 Å². The first-order valence-corrected chi connectivity index (χ1v) is 5.88. The number of nitro groups is 2. The third-order valence-electron chi connectivity index (χ3n) is 2.86. The van der Waals surface area contributed by atoms with Gasteiger partial charge in [-0.25, -0.2) is 0 Å². The Morgan fingerprint density at radius 2 is 1.76 bits per heavy atom. The molecule has 0 saturated carbocycles. The van der Waals surface area contributed by atoms with Gasteiger partial charge in [-0.05, 0) is 36.8 Å². The maximum absolute atomic E-state index is 11.0. The third kappa shape index (κ3) is 3.06. The molecule has 2 aromatic rings. The maximum Gasteiger partial charge on any atom is 0.299 e. The fraction of sp³-hybridized carbons (Fsp3) is 0.0769. The van der Waals surface area contributed by atoms with Gasteiger partial charge in [-0.2, -0.15) is 0 Å². The minimum absolute atomic E-state index is 0.110. The van der Waals surface area contributed by atoms with Gasteiger partial charge in [0.2, 0.25) is 0 Å². The number of benzene rings is 2. The molecule has 8 nitrogen and oxygen atoms in total. The molecule has 0 aromatic heterocycles. The smallest absolute Gasteiger partial charge is 0.299 e. The molecule has 2 rings (SSSR count). The SMILES string of the molecule is Cc1cc(Nc2ccc([N+](=O)[O-])cc2[N+](=O)[O-])ccc1O. The highest BCUT2D eigenvalue weighted by atomic mass is 16.6. The van der Waals surface area contributed by atoms with Gasteiger partial charge in [-0.3, -0.25) is 20.2 Å². The number of aryl methyl sites for hydroxylation is 1. The Balaban J connectivity index is 2.41. The summed E-state index contributed by atoms with van der Waals surface area (Å²) in [6.45, 7) is 1.69. The number of non-ortho nitro benzene ring substituents is 1. The van der Waals surface area contributed by atoms with Crippen LogP contribution in [0.5, 0.6) is 5.75 Å². The number of phenolic OH excluding ortho intramolecular Hbond substituents is 1. The summed E-state index contributed by atoms with van der Waals surface area (Å²) < 4.78 is 0.